The molecule has 0 radical (unpaired) electrons. The Hall–Kier alpha value is -2.88. The Labute approximate surface area is 121 Å². The minimum atomic E-state index is -0.989. The normalized spacial score (nSPS) is 10.5. The average molecular weight is 279 g/mol. The van der Waals surface area contributed by atoms with Gasteiger partial charge < -0.3 is 9.84 Å². The summed E-state index contributed by atoms with van der Waals surface area (Å²) in [5, 5.41) is 11.4. The summed E-state index contributed by atoms with van der Waals surface area (Å²) in [5.41, 5.74) is 1.63. The van der Waals surface area contributed by atoms with Gasteiger partial charge in [-0.1, -0.05) is 24.3 Å². The van der Waals surface area contributed by atoms with Gasteiger partial charge in [0.25, 0.3) is 0 Å². The quantitative estimate of drug-likeness (QED) is 0.795. The van der Waals surface area contributed by atoms with Gasteiger partial charge in [-0.05, 0) is 29.1 Å². The lowest BCUT2D eigenvalue weighted by molar-refractivity contribution is 0.0697. The van der Waals surface area contributed by atoms with E-state index in [2.05, 4.69) is 4.98 Å². The van der Waals surface area contributed by atoms with Crippen LogP contribution in [0.2, 0.25) is 0 Å². The lowest BCUT2D eigenvalue weighted by atomic mass is 9.96. The molecule has 0 aliphatic carbocycles. The van der Waals surface area contributed by atoms with Gasteiger partial charge in [-0.2, -0.15) is 0 Å². The number of hydrogen-bond acceptors (Lipinski definition) is 3. The molecule has 0 saturated heterocycles. The number of fused-ring (bicyclic) bond motifs is 1. The number of carboxylic acid groups (broad SMARTS) is 1. The van der Waals surface area contributed by atoms with Crippen LogP contribution in [0.25, 0.3) is 21.9 Å². The molecular formula is C17H13NO3. The average Bonchev–Trinajstić information content (AvgIpc) is 2.53. The summed E-state index contributed by atoms with van der Waals surface area (Å²) in [7, 11) is 1.51. The van der Waals surface area contributed by atoms with Crippen LogP contribution in [0.15, 0.2) is 54.9 Å². The summed E-state index contributed by atoms with van der Waals surface area (Å²) in [6, 6.07) is 12.8. The molecule has 3 rings (SSSR count). The Morgan fingerprint density at radius 1 is 1.10 bits per heavy atom. The van der Waals surface area contributed by atoms with Crippen LogP contribution < -0.4 is 4.74 Å². The van der Waals surface area contributed by atoms with Gasteiger partial charge in [-0.25, -0.2) is 4.79 Å². The molecule has 2 aromatic carbocycles. The smallest absolute Gasteiger partial charge is 0.336 e. The third-order valence-corrected chi connectivity index (χ3v) is 3.42. The summed E-state index contributed by atoms with van der Waals surface area (Å²) in [5.74, 6) is -0.471. The Morgan fingerprint density at radius 3 is 2.67 bits per heavy atom. The van der Waals surface area contributed by atoms with E-state index < -0.39 is 5.97 Å². The third kappa shape index (κ3) is 2.31. The molecule has 0 unspecified atom stereocenters. The van der Waals surface area contributed by atoms with Crippen molar-refractivity contribution in [3.05, 3.63) is 60.4 Å². The van der Waals surface area contributed by atoms with Crippen molar-refractivity contribution in [3.8, 4) is 16.9 Å². The van der Waals surface area contributed by atoms with E-state index in [1.54, 1.807) is 24.5 Å². The molecule has 4 nitrogen and oxygen atoms in total. The van der Waals surface area contributed by atoms with Crippen molar-refractivity contribution >= 4 is 16.7 Å². The highest BCUT2D eigenvalue weighted by Gasteiger charge is 2.15. The summed E-state index contributed by atoms with van der Waals surface area (Å²) in [6.07, 6.45) is 3.46. The largest absolute Gasteiger partial charge is 0.497 e. The number of methoxy groups -OCH3 is 1. The van der Waals surface area contributed by atoms with Gasteiger partial charge in [0.05, 0.1) is 12.7 Å². The molecule has 0 aliphatic heterocycles. The molecule has 4 heteroatoms. The highest BCUT2D eigenvalue weighted by atomic mass is 16.5. The number of aromatic nitrogens is 1. The maximum atomic E-state index is 11.5. The molecule has 104 valence electrons. The third-order valence-electron chi connectivity index (χ3n) is 3.42. The lowest BCUT2D eigenvalue weighted by Crippen LogP contribution is -2.01. The van der Waals surface area contributed by atoms with E-state index in [4.69, 9.17) is 4.74 Å². The van der Waals surface area contributed by atoms with Gasteiger partial charge >= 0.3 is 5.97 Å². The molecule has 3 aromatic rings. The van der Waals surface area contributed by atoms with Crippen LogP contribution in [-0.4, -0.2) is 23.2 Å². The second kappa shape index (κ2) is 5.25. The minimum Gasteiger partial charge on any atom is -0.497 e. The van der Waals surface area contributed by atoms with Crippen LogP contribution in [-0.2, 0) is 0 Å². The highest BCUT2D eigenvalue weighted by Crippen LogP contribution is 2.32. The molecule has 0 saturated carbocycles. The molecule has 0 bridgehead atoms. The minimum absolute atomic E-state index is 0.201. The number of pyridine rings is 1. The van der Waals surface area contributed by atoms with Crippen LogP contribution in [0.3, 0.4) is 0 Å². The Kier molecular flexibility index (Phi) is 3.28. The Balaban J connectivity index is 2.30. The number of aromatic carboxylic acids is 1. The van der Waals surface area contributed by atoms with E-state index in [1.165, 1.54) is 13.2 Å². The van der Waals surface area contributed by atoms with Crippen LogP contribution in [0, 0.1) is 0 Å². The monoisotopic (exact) mass is 279 g/mol. The molecule has 21 heavy (non-hydrogen) atoms. The maximum Gasteiger partial charge on any atom is 0.336 e. The van der Waals surface area contributed by atoms with Gasteiger partial charge in [-0.3, -0.25) is 4.98 Å². The second-order valence-electron chi connectivity index (χ2n) is 4.62. The molecule has 1 N–H and O–H groups in total. The maximum absolute atomic E-state index is 11.5. The van der Waals surface area contributed by atoms with E-state index in [9.17, 15) is 9.90 Å². The van der Waals surface area contributed by atoms with Crippen LogP contribution in [0.1, 0.15) is 10.4 Å². The topological polar surface area (TPSA) is 59.4 Å². The number of nitrogens with zero attached hydrogens (tertiary/aromatic N) is 1. The standard InChI is InChI=1S/C17H13NO3/c1-21-12-6-7-14(15(8-12)17(19)20)16-10-18-9-11-4-2-3-5-13(11)16/h2-10H,1H3,(H,19,20). The first-order valence-corrected chi connectivity index (χ1v) is 6.45. The second-order valence-corrected chi connectivity index (χ2v) is 4.62. The fraction of sp³-hybridized carbons (Fsp3) is 0.0588. The van der Waals surface area contributed by atoms with Gasteiger partial charge in [0, 0.05) is 23.3 Å². The summed E-state index contributed by atoms with van der Waals surface area (Å²) in [6.45, 7) is 0. The summed E-state index contributed by atoms with van der Waals surface area (Å²) < 4.78 is 5.10. The zero-order valence-electron chi connectivity index (χ0n) is 11.4. The molecule has 0 aliphatic rings. The fourth-order valence-electron chi connectivity index (χ4n) is 2.39. The SMILES string of the molecule is COc1ccc(-c2cncc3ccccc23)c(C(=O)O)c1. The zero-order valence-corrected chi connectivity index (χ0v) is 11.4. The van der Waals surface area contributed by atoms with E-state index >= 15 is 0 Å². The fourth-order valence-corrected chi connectivity index (χ4v) is 2.39. The van der Waals surface area contributed by atoms with Crippen molar-refractivity contribution in [1.29, 1.82) is 0 Å². The summed E-state index contributed by atoms with van der Waals surface area (Å²) in [4.78, 5) is 15.7. The molecule has 0 spiro atoms. The Bertz CT molecular complexity index is 822. The van der Waals surface area contributed by atoms with Crippen LogP contribution >= 0.6 is 0 Å². The van der Waals surface area contributed by atoms with Gasteiger partial charge in [-0.15, -0.1) is 0 Å². The van der Waals surface area contributed by atoms with E-state index in [0.717, 1.165) is 16.3 Å². The zero-order chi connectivity index (χ0) is 14.8. The first-order chi connectivity index (χ1) is 10.2. The number of carbonyl (C=O) groups is 1. The predicted molar refractivity (Wildman–Crippen MR) is 80.7 cm³/mol. The van der Waals surface area contributed by atoms with Gasteiger partial charge in [0.15, 0.2) is 0 Å². The van der Waals surface area contributed by atoms with Crippen LogP contribution in [0.5, 0.6) is 5.75 Å². The molecule has 1 heterocycles. The van der Waals surface area contributed by atoms with Crippen molar-refractivity contribution in [2.24, 2.45) is 0 Å². The van der Waals surface area contributed by atoms with Crippen molar-refractivity contribution in [2.75, 3.05) is 7.11 Å². The first kappa shape index (κ1) is 13.1. The predicted octanol–water partition coefficient (Wildman–Crippen LogP) is 3.61. The molecule has 1 aromatic heterocycles. The highest BCUT2D eigenvalue weighted by molar-refractivity contribution is 6.03. The molecule has 0 atom stereocenters. The number of carboxylic acids is 1. The van der Waals surface area contributed by atoms with Gasteiger partial charge in [0.2, 0.25) is 0 Å². The first-order valence-electron chi connectivity index (χ1n) is 6.45. The number of ether oxygens (including phenoxy) is 1. The van der Waals surface area contributed by atoms with Crippen molar-refractivity contribution in [1.82, 2.24) is 4.98 Å². The Morgan fingerprint density at radius 2 is 1.90 bits per heavy atom. The van der Waals surface area contributed by atoms with Crippen molar-refractivity contribution in [2.45, 2.75) is 0 Å². The molecular weight excluding hydrogens is 266 g/mol. The van der Waals surface area contributed by atoms with E-state index in [1.807, 2.05) is 24.3 Å². The number of benzene rings is 2. The van der Waals surface area contributed by atoms with Crippen molar-refractivity contribution < 1.29 is 14.6 Å². The lowest BCUT2D eigenvalue weighted by Gasteiger charge is -2.10. The summed E-state index contributed by atoms with van der Waals surface area (Å²) >= 11 is 0. The molecule has 0 fully saturated rings. The number of hydrogen-bond donors (Lipinski definition) is 1. The number of rotatable bonds is 3. The van der Waals surface area contributed by atoms with Crippen molar-refractivity contribution in [3.63, 3.8) is 0 Å². The van der Waals surface area contributed by atoms with E-state index in [0.29, 0.717) is 11.3 Å². The van der Waals surface area contributed by atoms with Crippen LogP contribution in [0.4, 0.5) is 0 Å². The molecule has 0 amide bonds. The van der Waals surface area contributed by atoms with E-state index in [-0.39, 0.29) is 5.56 Å². The van der Waals surface area contributed by atoms with Gasteiger partial charge in [0.1, 0.15) is 5.75 Å².